The standard InChI is InChI=1S/C17H16ClN5/c18-15-6-14-13(2-1-5-20-14)16(21-15)22-9-11-7-17(3-4-19)8-12(10-22)23(11)17/h1-2,5-6,11-12H,3,7-10H2. The number of nitriles is 1. The Labute approximate surface area is 139 Å². The Bertz CT molecular complexity index is 828. The largest absolute Gasteiger partial charge is 0.353 e. The number of hydrogen-bond acceptors (Lipinski definition) is 5. The highest BCUT2D eigenvalue weighted by atomic mass is 35.5. The lowest BCUT2D eigenvalue weighted by Gasteiger charge is -2.73. The average Bonchev–Trinajstić information content (AvgIpc) is 2.50. The highest BCUT2D eigenvalue weighted by Crippen LogP contribution is 2.55. The summed E-state index contributed by atoms with van der Waals surface area (Å²) in [5.74, 6) is 0.949. The van der Waals surface area contributed by atoms with E-state index >= 15 is 0 Å². The second-order valence-corrected chi connectivity index (χ2v) is 7.31. The molecule has 3 saturated heterocycles. The van der Waals surface area contributed by atoms with E-state index in [-0.39, 0.29) is 5.54 Å². The van der Waals surface area contributed by atoms with E-state index in [2.05, 4.69) is 31.9 Å². The fourth-order valence-corrected chi connectivity index (χ4v) is 5.11. The van der Waals surface area contributed by atoms with Gasteiger partial charge in [0.25, 0.3) is 0 Å². The summed E-state index contributed by atoms with van der Waals surface area (Å²) in [7, 11) is 0. The second kappa shape index (κ2) is 4.56. The van der Waals surface area contributed by atoms with E-state index in [1.54, 1.807) is 6.20 Å². The number of halogens is 1. The molecular formula is C17H16ClN5. The molecule has 0 N–H and O–H groups in total. The number of fused-ring (bicyclic) bond motifs is 1. The van der Waals surface area contributed by atoms with E-state index in [0.29, 0.717) is 23.7 Å². The van der Waals surface area contributed by atoms with Crippen LogP contribution in [-0.4, -0.2) is 45.6 Å². The van der Waals surface area contributed by atoms with E-state index in [0.717, 1.165) is 42.7 Å². The van der Waals surface area contributed by atoms with Crippen molar-refractivity contribution in [3.05, 3.63) is 29.5 Å². The smallest absolute Gasteiger partial charge is 0.139 e. The summed E-state index contributed by atoms with van der Waals surface area (Å²) in [6.07, 6.45) is 4.71. The lowest BCUT2D eigenvalue weighted by molar-refractivity contribution is -0.202. The first-order chi connectivity index (χ1) is 11.2. The Kier molecular flexibility index (Phi) is 2.68. The van der Waals surface area contributed by atoms with Crippen LogP contribution in [0.1, 0.15) is 19.3 Å². The van der Waals surface area contributed by atoms with Crippen LogP contribution >= 0.6 is 11.6 Å². The fraction of sp³-hybridized carbons (Fsp3) is 0.471. The van der Waals surface area contributed by atoms with Gasteiger partial charge in [0.05, 0.1) is 18.0 Å². The van der Waals surface area contributed by atoms with Gasteiger partial charge >= 0.3 is 0 Å². The number of aromatic nitrogens is 2. The van der Waals surface area contributed by atoms with Crippen molar-refractivity contribution in [2.75, 3.05) is 18.0 Å². The summed E-state index contributed by atoms with van der Waals surface area (Å²) in [4.78, 5) is 13.9. The first kappa shape index (κ1) is 13.5. The molecule has 0 spiro atoms. The van der Waals surface area contributed by atoms with E-state index in [9.17, 15) is 0 Å². The number of nitrogens with zero attached hydrogens (tertiary/aromatic N) is 5. The minimum absolute atomic E-state index is 0.196. The maximum absolute atomic E-state index is 9.04. The Morgan fingerprint density at radius 1 is 1.35 bits per heavy atom. The first-order valence-corrected chi connectivity index (χ1v) is 8.40. The monoisotopic (exact) mass is 325 g/mol. The van der Waals surface area contributed by atoms with Gasteiger partial charge < -0.3 is 4.90 Å². The van der Waals surface area contributed by atoms with Gasteiger partial charge in [0.15, 0.2) is 0 Å². The molecule has 2 aromatic heterocycles. The van der Waals surface area contributed by atoms with Crippen LogP contribution < -0.4 is 4.90 Å². The topological polar surface area (TPSA) is 56.1 Å². The van der Waals surface area contributed by atoms with Crippen molar-refractivity contribution in [1.29, 1.82) is 5.26 Å². The zero-order valence-electron chi connectivity index (χ0n) is 12.6. The average molecular weight is 326 g/mol. The molecule has 5 rings (SSSR count). The Hall–Kier alpha value is -1.90. The van der Waals surface area contributed by atoms with Crippen LogP contribution in [0.25, 0.3) is 10.9 Å². The summed E-state index contributed by atoms with van der Waals surface area (Å²) >= 11 is 6.21. The molecule has 0 bridgehead atoms. The maximum Gasteiger partial charge on any atom is 0.139 e. The van der Waals surface area contributed by atoms with Gasteiger partial charge in [-0.15, -0.1) is 0 Å². The summed E-state index contributed by atoms with van der Waals surface area (Å²) in [6, 6.07) is 9.28. The van der Waals surface area contributed by atoms with E-state index < -0.39 is 0 Å². The number of rotatable bonds is 2. The Balaban J connectivity index is 1.48. The van der Waals surface area contributed by atoms with Gasteiger partial charge in [0.2, 0.25) is 0 Å². The van der Waals surface area contributed by atoms with Gasteiger partial charge in [0.1, 0.15) is 11.0 Å². The summed E-state index contributed by atoms with van der Waals surface area (Å²) < 4.78 is 0. The molecule has 0 saturated carbocycles. The van der Waals surface area contributed by atoms with Crippen molar-refractivity contribution in [2.45, 2.75) is 36.9 Å². The fourth-order valence-electron chi connectivity index (χ4n) is 4.93. The molecule has 23 heavy (non-hydrogen) atoms. The second-order valence-electron chi connectivity index (χ2n) is 6.93. The number of piperazine rings is 1. The molecule has 2 atom stereocenters. The minimum Gasteiger partial charge on any atom is -0.353 e. The van der Waals surface area contributed by atoms with E-state index in [4.69, 9.17) is 16.9 Å². The normalized spacial score (nSPS) is 31.9. The predicted molar refractivity (Wildman–Crippen MR) is 88.4 cm³/mol. The van der Waals surface area contributed by atoms with Gasteiger partial charge in [-0.25, -0.2) is 4.98 Å². The molecule has 116 valence electrons. The maximum atomic E-state index is 9.04. The van der Waals surface area contributed by atoms with Crippen LogP contribution in [0.5, 0.6) is 0 Å². The minimum atomic E-state index is 0.196. The van der Waals surface area contributed by atoms with Gasteiger partial charge in [0, 0.05) is 48.4 Å². The number of anilines is 1. The molecule has 0 aliphatic carbocycles. The van der Waals surface area contributed by atoms with Crippen LogP contribution in [0.15, 0.2) is 24.4 Å². The molecule has 3 fully saturated rings. The molecule has 3 aliphatic heterocycles. The van der Waals surface area contributed by atoms with Crippen molar-refractivity contribution < 1.29 is 0 Å². The molecular weight excluding hydrogens is 310 g/mol. The molecule has 6 heteroatoms. The van der Waals surface area contributed by atoms with Crippen LogP contribution in [0, 0.1) is 11.3 Å². The van der Waals surface area contributed by atoms with Gasteiger partial charge in [-0.2, -0.15) is 5.26 Å². The molecule has 5 nitrogen and oxygen atoms in total. The molecule has 0 aromatic carbocycles. The summed E-state index contributed by atoms with van der Waals surface area (Å²) in [5, 5.41) is 10.6. The third-order valence-electron chi connectivity index (χ3n) is 5.68. The number of hydrogen-bond donors (Lipinski definition) is 0. The van der Waals surface area contributed by atoms with Gasteiger partial charge in [-0.05, 0) is 25.0 Å². The summed E-state index contributed by atoms with van der Waals surface area (Å²) in [6.45, 7) is 1.92. The summed E-state index contributed by atoms with van der Waals surface area (Å²) in [5.41, 5.74) is 1.09. The van der Waals surface area contributed by atoms with Gasteiger partial charge in [-0.3, -0.25) is 9.88 Å². The zero-order chi connectivity index (χ0) is 15.6. The molecule has 2 aromatic rings. The third-order valence-corrected chi connectivity index (χ3v) is 5.88. The van der Waals surface area contributed by atoms with Crippen LogP contribution in [0.3, 0.4) is 0 Å². The van der Waals surface area contributed by atoms with Crippen molar-refractivity contribution in [3.63, 3.8) is 0 Å². The van der Waals surface area contributed by atoms with Crippen LogP contribution in [0.4, 0.5) is 5.82 Å². The van der Waals surface area contributed by atoms with Gasteiger partial charge in [-0.1, -0.05) is 11.6 Å². The van der Waals surface area contributed by atoms with Crippen molar-refractivity contribution in [2.24, 2.45) is 0 Å². The molecule has 2 unspecified atom stereocenters. The highest BCUT2D eigenvalue weighted by Gasteiger charge is 2.65. The van der Waals surface area contributed by atoms with Crippen LogP contribution in [0.2, 0.25) is 5.15 Å². The Morgan fingerprint density at radius 2 is 2.13 bits per heavy atom. The number of pyridine rings is 2. The Morgan fingerprint density at radius 3 is 2.87 bits per heavy atom. The lowest BCUT2D eigenvalue weighted by atomic mass is 9.61. The third kappa shape index (κ3) is 1.76. The predicted octanol–water partition coefficient (Wildman–Crippen LogP) is 2.60. The van der Waals surface area contributed by atoms with E-state index in [1.165, 1.54) is 0 Å². The highest BCUT2D eigenvalue weighted by molar-refractivity contribution is 6.30. The van der Waals surface area contributed by atoms with Crippen molar-refractivity contribution >= 4 is 28.3 Å². The molecule has 3 aliphatic rings. The lowest BCUT2D eigenvalue weighted by Crippen LogP contribution is -2.84. The molecule has 0 amide bonds. The zero-order valence-corrected chi connectivity index (χ0v) is 13.4. The van der Waals surface area contributed by atoms with Crippen molar-refractivity contribution in [1.82, 2.24) is 14.9 Å². The first-order valence-electron chi connectivity index (χ1n) is 8.02. The SMILES string of the molecule is N#CCC12CC3CN(c4nc(Cl)cc5ncccc45)CC(C1)N32. The number of piperidine rings is 1. The quantitative estimate of drug-likeness (QED) is 0.794. The molecule has 5 heterocycles. The van der Waals surface area contributed by atoms with E-state index in [1.807, 2.05) is 12.1 Å². The molecule has 0 radical (unpaired) electrons. The van der Waals surface area contributed by atoms with Crippen LogP contribution in [-0.2, 0) is 0 Å². The van der Waals surface area contributed by atoms with Crippen molar-refractivity contribution in [3.8, 4) is 6.07 Å².